The van der Waals surface area contributed by atoms with E-state index in [1.165, 1.54) is 37.7 Å². The van der Waals surface area contributed by atoms with Gasteiger partial charge < -0.3 is 0 Å². The average molecular weight is 279 g/mol. The zero-order valence-corrected chi connectivity index (χ0v) is 12.1. The Hall–Kier alpha value is -0.830. The normalized spacial score (nSPS) is 21.1. The van der Waals surface area contributed by atoms with Crippen molar-refractivity contribution in [2.45, 2.75) is 51.0 Å². The van der Waals surface area contributed by atoms with E-state index in [9.17, 15) is 0 Å². The maximum atomic E-state index is 6.23. The lowest BCUT2D eigenvalue weighted by atomic mass is 9.91. The van der Waals surface area contributed by atoms with E-state index in [1.54, 1.807) is 0 Å². The summed E-state index contributed by atoms with van der Waals surface area (Å²) in [6.45, 7) is 0. The van der Waals surface area contributed by atoms with Crippen LogP contribution in [0.5, 0.6) is 0 Å². The van der Waals surface area contributed by atoms with E-state index in [4.69, 9.17) is 17.4 Å². The topological polar surface area (TPSA) is 38.0 Å². The highest BCUT2D eigenvalue weighted by Crippen LogP contribution is 2.23. The fourth-order valence-corrected chi connectivity index (χ4v) is 2.93. The standard InChI is InChI=1S/C16H23ClN2/c17-15-11-7-6-10-14(15)12-16(19-18)13-8-4-2-1-3-5-9-13/h6-8,10-11,16,19H,1-5,9,12,18H2/b13-8+. The van der Waals surface area contributed by atoms with Gasteiger partial charge in [0, 0.05) is 11.1 Å². The molecule has 0 bridgehead atoms. The minimum Gasteiger partial charge on any atom is -0.271 e. The summed E-state index contributed by atoms with van der Waals surface area (Å²) < 4.78 is 0. The molecule has 1 aromatic rings. The molecule has 0 radical (unpaired) electrons. The monoisotopic (exact) mass is 278 g/mol. The Balaban J connectivity index is 2.08. The van der Waals surface area contributed by atoms with E-state index in [-0.39, 0.29) is 6.04 Å². The van der Waals surface area contributed by atoms with Crippen molar-refractivity contribution in [3.05, 3.63) is 46.5 Å². The first kappa shape index (κ1) is 14.6. The Morgan fingerprint density at radius 3 is 2.74 bits per heavy atom. The van der Waals surface area contributed by atoms with Gasteiger partial charge in [0.2, 0.25) is 0 Å². The molecule has 2 rings (SSSR count). The van der Waals surface area contributed by atoms with Crippen molar-refractivity contribution in [2.24, 2.45) is 5.84 Å². The second-order valence-electron chi connectivity index (χ2n) is 5.25. The Morgan fingerprint density at radius 2 is 1.95 bits per heavy atom. The number of benzene rings is 1. The smallest absolute Gasteiger partial charge is 0.0460 e. The largest absolute Gasteiger partial charge is 0.271 e. The van der Waals surface area contributed by atoms with Crippen LogP contribution in [0.4, 0.5) is 0 Å². The molecule has 0 spiro atoms. The van der Waals surface area contributed by atoms with Crippen molar-refractivity contribution < 1.29 is 0 Å². The second-order valence-corrected chi connectivity index (χ2v) is 5.65. The number of nitrogens with one attached hydrogen (secondary N) is 1. The highest BCUT2D eigenvalue weighted by atomic mass is 35.5. The molecular weight excluding hydrogens is 256 g/mol. The predicted molar refractivity (Wildman–Crippen MR) is 82.1 cm³/mol. The van der Waals surface area contributed by atoms with Gasteiger partial charge in [0.05, 0.1) is 0 Å². The van der Waals surface area contributed by atoms with Crippen molar-refractivity contribution in [1.82, 2.24) is 5.43 Å². The van der Waals surface area contributed by atoms with Crippen LogP contribution >= 0.6 is 11.6 Å². The molecule has 0 saturated carbocycles. The Bertz CT molecular complexity index is 429. The van der Waals surface area contributed by atoms with Crippen LogP contribution in [0.3, 0.4) is 0 Å². The molecule has 0 heterocycles. The molecule has 1 atom stereocenters. The van der Waals surface area contributed by atoms with Gasteiger partial charge in [-0.05, 0) is 43.7 Å². The van der Waals surface area contributed by atoms with Gasteiger partial charge in [-0.2, -0.15) is 0 Å². The third-order valence-electron chi connectivity index (χ3n) is 3.86. The van der Waals surface area contributed by atoms with Crippen LogP contribution in [-0.4, -0.2) is 6.04 Å². The summed E-state index contributed by atoms with van der Waals surface area (Å²) in [5.74, 6) is 5.76. The minimum atomic E-state index is 0.206. The van der Waals surface area contributed by atoms with Gasteiger partial charge in [-0.15, -0.1) is 0 Å². The Kier molecular flexibility index (Phi) is 5.90. The quantitative estimate of drug-likeness (QED) is 0.496. The Labute approximate surface area is 121 Å². The molecule has 0 aliphatic heterocycles. The third kappa shape index (κ3) is 4.34. The van der Waals surface area contributed by atoms with Gasteiger partial charge in [0.15, 0.2) is 0 Å². The zero-order valence-electron chi connectivity index (χ0n) is 11.4. The zero-order chi connectivity index (χ0) is 13.5. The van der Waals surface area contributed by atoms with Gasteiger partial charge >= 0.3 is 0 Å². The Morgan fingerprint density at radius 1 is 1.16 bits per heavy atom. The molecule has 0 amide bonds. The third-order valence-corrected chi connectivity index (χ3v) is 4.23. The molecule has 0 saturated heterocycles. The lowest BCUT2D eigenvalue weighted by Gasteiger charge is -2.22. The molecular formula is C16H23ClN2. The summed E-state index contributed by atoms with van der Waals surface area (Å²) in [6, 6.07) is 8.22. The van der Waals surface area contributed by atoms with Crippen molar-refractivity contribution >= 4 is 11.6 Å². The second kappa shape index (κ2) is 7.68. The summed E-state index contributed by atoms with van der Waals surface area (Å²) in [4.78, 5) is 0. The first-order valence-electron chi connectivity index (χ1n) is 7.19. The predicted octanol–water partition coefficient (Wildman–Crippen LogP) is 4.00. The molecule has 3 heteroatoms. The molecule has 1 aliphatic carbocycles. The average Bonchev–Trinajstić information content (AvgIpc) is 2.38. The molecule has 1 unspecified atom stereocenters. The summed E-state index contributed by atoms with van der Waals surface area (Å²) >= 11 is 6.23. The van der Waals surface area contributed by atoms with Crippen molar-refractivity contribution in [3.63, 3.8) is 0 Å². The number of hydrazine groups is 1. The number of allylic oxidation sites excluding steroid dienone is 1. The van der Waals surface area contributed by atoms with Gasteiger partial charge in [-0.25, -0.2) is 0 Å². The van der Waals surface area contributed by atoms with Crippen molar-refractivity contribution in [3.8, 4) is 0 Å². The van der Waals surface area contributed by atoms with Gasteiger partial charge in [0.25, 0.3) is 0 Å². The van der Waals surface area contributed by atoms with Crippen LogP contribution in [0.15, 0.2) is 35.9 Å². The summed E-state index contributed by atoms with van der Waals surface area (Å²) in [7, 11) is 0. The summed E-state index contributed by atoms with van der Waals surface area (Å²) in [5, 5.41) is 0.828. The number of nitrogens with two attached hydrogens (primary N) is 1. The van der Waals surface area contributed by atoms with E-state index in [0.29, 0.717) is 0 Å². The highest BCUT2D eigenvalue weighted by Gasteiger charge is 2.15. The van der Waals surface area contributed by atoms with Crippen LogP contribution in [0.25, 0.3) is 0 Å². The molecule has 3 N–H and O–H groups in total. The summed E-state index contributed by atoms with van der Waals surface area (Å²) in [5.41, 5.74) is 5.58. The van der Waals surface area contributed by atoms with Crippen molar-refractivity contribution in [2.75, 3.05) is 0 Å². The molecule has 104 valence electrons. The van der Waals surface area contributed by atoms with Crippen molar-refractivity contribution in [1.29, 1.82) is 0 Å². The first-order valence-corrected chi connectivity index (χ1v) is 7.57. The number of rotatable bonds is 4. The van der Waals surface area contributed by atoms with E-state index < -0.39 is 0 Å². The molecule has 2 nitrogen and oxygen atoms in total. The number of halogens is 1. The lowest BCUT2D eigenvalue weighted by Crippen LogP contribution is -2.38. The number of hydrogen-bond donors (Lipinski definition) is 2. The maximum Gasteiger partial charge on any atom is 0.0460 e. The number of hydrogen-bond acceptors (Lipinski definition) is 2. The summed E-state index contributed by atoms with van der Waals surface area (Å²) in [6.07, 6.45) is 10.8. The van der Waals surface area contributed by atoms with E-state index >= 15 is 0 Å². The van der Waals surface area contributed by atoms with Crippen LogP contribution in [0, 0.1) is 0 Å². The highest BCUT2D eigenvalue weighted by molar-refractivity contribution is 6.31. The molecule has 1 aliphatic rings. The van der Waals surface area contributed by atoms with Gasteiger partial charge in [-0.3, -0.25) is 11.3 Å². The SMILES string of the molecule is NNC(Cc1ccccc1Cl)/C1=C/CCCCCC1. The van der Waals surface area contributed by atoms with Crippen LogP contribution in [0.1, 0.15) is 44.1 Å². The lowest BCUT2D eigenvalue weighted by molar-refractivity contribution is 0.537. The molecule has 0 aromatic heterocycles. The maximum absolute atomic E-state index is 6.23. The fraction of sp³-hybridized carbons (Fsp3) is 0.500. The van der Waals surface area contributed by atoms with Crippen LogP contribution in [-0.2, 0) is 6.42 Å². The fourth-order valence-electron chi connectivity index (χ4n) is 2.71. The van der Waals surface area contributed by atoms with Gasteiger partial charge in [-0.1, -0.05) is 54.3 Å². The van der Waals surface area contributed by atoms with Crippen LogP contribution < -0.4 is 11.3 Å². The van der Waals surface area contributed by atoms with E-state index in [2.05, 4.69) is 17.6 Å². The molecule has 1 aromatic carbocycles. The minimum absolute atomic E-state index is 0.206. The van der Waals surface area contributed by atoms with E-state index in [1.807, 2.05) is 18.2 Å². The van der Waals surface area contributed by atoms with E-state index in [0.717, 1.165) is 23.4 Å². The molecule has 19 heavy (non-hydrogen) atoms. The first-order chi connectivity index (χ1) is 9.31. The van der Waals surface area contributed by atoms with Crippen LogP contribution in [0.2, 0.25) is 5.02 Å². The molecule has 0 fully saturated rings. The van der Waals surface area contributed by atoms with Gasteiger partial charge in [0.1, 0.15) is 0 Å².